The van der Waals surface area contributed by atoms with Crippen molar-refractivity contribution in [2.45, 2.75) is 96.3 Å². The molecule has 232 valence electrons. The molecule has 0 spiro atoms. The zero-order chi connectivity index (χ0) is 30.9. The number of unbranched alkanes of at least 4 members (excludes halogenated alkanes) is 1. The molecular weight excluding hydrogens is 545 g/mol. The maximum atomic E-state index is 14.3. The largest absolute Gasteiger partial charge is 0.490 e. The Bertz CT molecular complexity index is 1170. The van der Waals surface area contributed by atoms with Crippen LogP contribution in [0.15, 0.2) is 35.2 Å². The van der Waals surface area contributed by atoms with Gasteiger partial charge in [0.1, 0.15) is 17.2 Å². The Morgan fingerprint density at radius 2 is 2.00 bits per heavy atom. The van der Waals surface area contributed by atoms with Crippen LogP contribution in [-0.2, 0) is 19.9 Å². The number of halogens is 1. The Kier molecular flexibility index (Phi) is 11.4. The summed E-state index contributed by atoms with van der Waals surface area (Å²) in [7, 11) is 0. The van der Waals surface area contributed by atoms with Crippen LogP contribution < -0.4 is 15.4 Å². The molecule has 3 amide bonds. The third-order valence-electron chi connectivity index (χ3n) is 7.36. The Morgan fingerprint density at radius 1 is 1.26 bits per heavy atom. The van der Waals surface area contributed by atoms with E-state index >= 15 is 0 Å². The molecule has 0 radical (unpaired) electrons. The van der Waals surface area contributed by atoms with Crippen LogP contribution in [0.2, 0.25) is 0 Å². The minimum atomic E-state index is -1.33. The van der Waals surface area contributed by atoms with Crippen molar-refractivity contribution in [3.05, 3.63) is 41.5 Å². The molecule has 1 aliphatic heterocycles. The fourth-order valence-corrected chi connectivity index (χ4v) is 4.64. The van der Waals surface area contributed by atoms with Crippen molar-refractivity contribution in [3.63, 3.8) is 0 Å². The first-order chi connectivity index (χ1) is 19.8. The summed E-state index contributed by atoms with van der Waals surface area (Å²) < 4.78 is 25.5. The fraction of sp³-hybridized carbons (Fsp3) is 0.633. The molecule has 2 atom stereocenters. The average molecular weight is 590 g/mol. The topological polar surface area (TPSA) is 153 Å². The van der Waals surface area contributed by atoms with E-state index in [2.05, 4.69) is 15.7 Å². The van der Waals surface area contributed by atoms with Crippen LogP contribution in [0.4, 0.5) is 9.18 Å². The zero-order valence-electron chi connectivity index (χ0n) is 25.0. The highest BCUT2D eigenvalue weighted by Gasteiger charge is 2.36. The first-order valence-electron chi connectivity index (χ1n) is 14.6. The molecule has 3 rings (SSSR count). The number of ether oxygens (including phenoxy) is 2. The lowest BCUT2D eigenvalue weighted by Crippen LogP contribution is -2.55. The van der Waals surface area contributed by atoms with E-state index in [1.165, 1.54) is 17.2 Å². The highest BCUT2D eigenvalue weighted by Crippen LogP contribution is 2.33. The molecule has 2 fully saturated rings. The molecule has 42 heavy (non-hydrogen) atoms. The summed E-state index contributed by atoms with van der Waals surface area (Å²) in [6.45, 7) is 7.83. The maximum absolute atomic E-state index is 14.3. The number of benzene rings is 1. The minimum absolute atomic E-state index is 0.0961. The van der Waals surface area contributed by atoms with E-state index in [1.807, 2.05) is 6.92 Å². The summed E-state index contributed by atoms with van der Waals surface area (Å²) in [5, 5.41) is 20.3. The second-order valence-electron chi connectivity index (χ2n) is 12.0. The van der Waals surface area contributed by atoms with Gasteiger partial charge in [0.2, 0.25) is 11.8 Å². The van der Waals surface area contributed by atoms with Gasteiger partial charge in [-0.15, -0.1) is 0 Å². The van der Waals surface area contributed by atoms with Gasteiger partial charge in [-0.05, 0) is 89.3 Å². The summed E-state index contributed by atoms with van der Waals surface area (Å²) in [4.78, 5) is 38.4. The number of imide groups is 1. The van der Waals surface area contributed by atoms with Crippen molar-refractivity contribution in [3.8, 4) is 5.75 Å². The van der Waals surface area contributed by atoms with Crippen LogP contribution in [0.5, 0.6) is 5.75 Å². The first-order valence-corrected chi connectivity index (χ1v) is 14.6. The fourth-order valence-electron chi connectivity index (χ4n) is 4.64. The number of rotatable bonds is 15. The molecule has 11 nitrogen and oxygen atoms in total. The monoisotopic (exact) mass is 589 g/mol. The average Bonchev–Trinajstić information content (AvgIpc) is 3.75. The van der Waals surface area contributed by atoms with Crippen molar-refractivity contribution in [1.29, 1.82) is 5.53 Å². The van der Waals surface area contributed by atoms with E-state index in [0.29, 0.717) is 49.5 Å². The van der Waals surface area contributed by atoms with Gasteiger partial charge < -0.3 is 19.9 Å². The van der Waals surface area contributed by atoms with Gasteiger partial charge in [0.05, 0.1) is 12.8 Å². The van der Waals surface area contributed by atoms with Gasteiger partial charge in [0.15, 0.2) is 11.6 Å². The Balaban J connectivity index is 1.59. The second-order valence-corrected chi connectivity index (χ2v) is 12.0. The molecule has 2 aliphatic rings. The van der Waals surface area contributed by atoms with Crippen molar-refractivity contribution in [1.82, 2.24) is 15.5 Å². The number of amides is 3. The molecule has 1 aromatic rings. The molecule has 1 heterocycles. The SMILES string of the molecule is CC[C@@](O)(CN/C(=C\N=N)CCCCN(C(=O)OC(C)(C)C)C1CCC(=O)NC1=O)c1ccc(F)c(OCC2CC2)c1. The smallest absolute Gasteiger partial charge is 0.410 e. The molecule has 1 unspecified atom stereocenters. The van der Waals surface area contributed by atoms with Gasteiger partial charge in [0.25, 0.3) is 0 Å². The van der Waals surface area contributed by atoms with Crippen LogP contribution in [0, 0.1) is 17.3 Å². The molecule has 0 aromatic heterocycles. The van der Waals surface area contributed by atoms with Crippen molar-refractivity contribution in [2.24, 2.45) is 11.0 Å². The molecule has 0 bridgehead atoms. The lowest BCUT2D eigenvalue weighted by molar-refractivity contribution is -0.137. The van der Waals surface area contributed by atoms with E-state index in [0.717, 1.165) is 12.8 Å². The summed E-state index contributed by atoms with van der Waals surface area (Å²) in [5.41, 5.74) is 6.36. The molecule has 1 aliphatic carbocycles. The molecule has 1 saturated carbocycles. The van der Waals surface area contributed by atoms with Gasteiger partial charge >= 0.3 is 6.09 Å². The third-order valence-corrected chi connectivity index (χ3v) is 7.36. The quantitative estimate of drug-likeness (QED) is 0.129. The van der Waals surface area contributed by atoms with E-state index in [4.69, 9.17) is 15.0 Å². The lowest BCUT2D eigenvalue weighted by Gasteiger charge is -2.34. The molecular formula is C30H44FN5O6. The molecule has 1 saturated heterocycles. The number of aliphatic hydroxyl groups is 1. The molecule has 4 N–H and O–H groups in total. The maximum Gasteiger partial charge on any atom is 0.410 e. The van der Waals surface area contributed by atoms with Crippen LogP contribution in [0.1, 0.15) is 84.6 Å². The summed E-state index contributed by atoms with van der Waals surface area (Å²) in [6, 6.07) is 3.58. The van der Waals surface area contributed by atoms with Gasteiger partial charge in [-0.2, -0.15) is 5.11 Å². The predicted octanol–water partition coefficient (Wildman–Crippen LogP) is 4.89. The van der Waals surface area contributed by atoms with E-state index < -0.39 is 35.1 Å². The number of piperidine rings is 1. The third kappa shape index (κ3) is 9.78. The van der Waals surface area contributed by atoms with Crippen LogP contribution in [0.3, 0.4) is 0 Å². The van der Waals surface area contributed by atoms with Crippen LogP contribution in [0.25, 0.3) is 0 Å². The lowest BCUT2D eigenvalue weighted by atomic mass is 9.90. The highest BCUT2D eigenvalue weighted by atomic mass is 19.1. The van der Waals surface area contributed by atoms with Crippen LogP contribution >= 0.6 is 0 Å². The van der Waals surface area contributed by atoms with Gasteiger partial charge in [-0.1, -0.05) is 13.0 Å². The highest BCUT2D eigenvalue weighted by molar-refractivity contribution is 6.01. The molecule has 12 heteroatoms. The Morgan fingerprint density at radius 3 is 2.62 bits per heavy atom. The summed E-state index contributed by atoms with van der Waals surface area (Å²) >= 11 is 0. The number of allylic oxidation sites excluding steroid dienone is 1. The summed E-state index contributed by atoms with van der Waals surface area (Å²) in [6.07, 6.45) is 5.13. The van der Waals surface area contributed by atoms with E-state index in [1.54, 1.807) is 32.9 Å². The second kappa shape index (κ2) is 14.6. The Labute approximate surface area is 246 Å². The predicted molar refractivity (Wildman–Crippen MR) is 153 cm³/mol. The number of hydrogen-bond acceptors (Lipinski definition) is 9. The van der Waals surface area contributed by atoms with Crippen LogP contribution in [-0.4, -0.2) is 59.3 Å². The molecule has 1 aromatic carbocycles. The normalized spacial score (nSPS) is 19.0. The summed E-state index contributed by atoms with van der Waals surface area (Å²) in [5.74, 6) is -0.782. The number of nitrogens with zero attached hydrogens (tertiary/aromatic N) is 2. The zero-order valence-corrected chi connectivity index (χ0v) is 25.0. The van der Waals surface area contributed by atoms with Gasteiger partial charge in [-0.3, -0.25) is 19.8 Å². The minimum Gasteiger partial charge on any atom is -0.490 e. The first kappa shape index (κ1) is 33.0. The number of carbonyl (C=O) groups is 3. The Hall–Kier alpha value is -3.54. The van der Waals surface area contributed by atoms with Gasteiger partial charge in [0, 0.05) is 25.2 Å². The van der Waals surface area contributed by atoms with Crippen molar-refractivity contribution < 1.29 is 33.4 Å². The number of hydrogen-bond donors (Lipinski definition) is 4. The van der Waals surface area contributed by atoms with E-state index in [9.17, 15) is 23.9 Å². The van der Waals surface area contributed by atoms with Gasteiger partial charge in [-0.25, -0.2) is 14.7 Å². The number of carbonyl (C=O) groups excluding carboxylic acids is 3. The van der Waals surface area contributed by atoms with E-state index in [-0.39, 0.29) is 37.6 Å². The van der Waals surface area contributed by atoms with Crippen molar-refractivity contribution in [2.75, 3.05) is 19.7 Å². The van der Waals surface area contributed by atoms with Crippen molar-refractivity contribution >= 4 is 17.9 Å². The number of nitrogens with one attached hydrogen (secondary N) is 3. The standard InChI is InChI=1S/C30H44FN5O6/c1-5-30(40,21-11-12-23(31)25(16-21)41-18-20-9-10-20)19-33-22(17-34-32)8-6-7-15-36(28(39)42-29(2,3)4)24-13-14-26(37)35-27(24)38/h11-12,16-17,20,24,32-33,40H,5-10,13-15,18-19H2,1-4H3,(H,35,37,38)/b22-17-,34-32?/t24?,30-/m1/s1.